The van der Waals surface area contributed by atoms with Crippen LogP contribution in [-0.2, 0) is 0 Å². The Balaban J connectivity index is 2.72. The van der Waals surface area contributed by atoms with Crippen molar-refractivity contribution in [2.45, 2.75) is 52.5 Å². The number of hydrogen-bond donors (Lipinski definition) is 0. The van der Waals surface area contributed by atoms with Crippen LogP contribution >= 0.6 is 0 Å². The Kier molecular flexibility index (Phi) is 7.40. The van der Waals surface area contributed by atoms with E-state index in [1.165, 1.54) is 0 Å². The molecule has 3 atom stereocenters. The average Bonchev–Trinajstić information content (AvgIpc) is 2.34. The lowest BCUT2D eigenvalue weighted by Gasteiger charge is -2.16. The van der Waals surface area contributed by atoms with Crippen LogP contribution in [0.1, 0.15) is 46.5 Å². The summed E-state index contributed by atoms with van der Waals surface area (Å²) in [6.45, 7) is 6.58. The lowest BCUT2D eigenvalue weighted by Crippen LogP contribution is -2.14. The molecule has 3 unspecified atom stereocenters. The molecule has 0 radical (unpaired) electrons. The third kappa shape index (κ3) is 6.00. The fourth-order valence-corrected chi connectivity index (χ4v) is 2.14. The number of rotatable bonds is 2. The van der Waals surface area contributed by atoms with Crippen LogP contribution in [0.4, 0.5) is 0 Å². The summed E-state index contributed by atoms with van der Waals surface area (Å²) < 4.78 is 0. The predicted octanol–water partition coefficient (Wildman–Crippen LogP) is 4.96. The molecule has 0 aromatic heterocycles. The quantitative estimate of drug-likeness (QED) is 0.610. The highest BCUT2D eigenvalue weighted by molar-refractivity contribution is 5.60. The zero-order valence-electron chi connectivity index (χ0n) is 12.0. The van der Waals surface area contributed by atoms with E-state index in [-0.39, 0.29) is 0 Å². The van der Waals surface area contributed by atoms with Gasteiger partial charge >= 0.3 is 0 Å². The Morgan fingerprint density at radius 2 is 1.78 bits per heavy atom. The highest BCUT2D eigenvalue weighted by Crippen LogP contribution is 2.15. The van der Waals surface area contributed by atoms with E-state index in [0.29, 0.717) is 17.9 Å². The summed E-state index contributed by atoms with van der Waals surface area (Å²) in [7, 11) is 0. The molecule has 0 bridgehead atoms. The van der Waals surface area contributed by atoms with E-state index < -0.39 is 0 Å². The van der Waals surface area contributed by atoms with Gasteiger partial charge in [0.1, 0.15) is 0 Å². The van der Waals surface area contributed by atoms with Crippen LogP contribution in [0, 0.1) is 11.8 Å². The van der Waals surface area contributed by atoms with E-state index in [4.69, 9.17) is 4.99 Å². The zero-order valence-corrected chi connectivity index (χ0v) is 12.0. The number of allylic oxidation sites excluding steroid dienone is 4. The minimum Gasteiger partial charge on any atom is -0.293 e. The molecule has 0 amide bonds. The largest absolute Gasteiger partial charge is 0.293 e. The minimum absolute atomic E-state index is 0.392. The molecule has 1 heterocycles. The summed E-state index contributed by atoms with van der Waals surface area (Å²) in [5, 5.41) is 0. The second kappa shape index (κ2) is 8.91. The Morgan fingerprint density at radius 1 is 1.11 bits per heavy atom. The van der Waals surface area contributed by atoms with E-state index in [2.05, 4.69) is 63.4 Å². The smallest absolute Gasteiger partial charge is 0.0590 e. The van der Waals surface area contributed by atoms with Gasteiger partial charge < -0.3 is 0 Å². The number of nitrogens with zero attached hydrogens (tertiary/aromatic N) is 1. The number of aliphatic imine (C=N–C) groups is 1. The summed E-state index contributed by atoms with van der Waals surface area (Å²) >= 11 is 0. The SMILES string of the molecule is CC=CC(C)C1C/C=C/CC/C=C/CC(C)C=N1. The van der Waals surface area contributed by atoms with Gasteiger partial charge in [0, 0.05) is 6.21 Å². The third-order valence-electron chi connectivity index (χ3n) is 3.35. The second-order valence-corrected chi connectivity index (χ2v) is 5.22. The first-order valence-corrected chi connectivity index (χ1v) is 7.20. The van der Waals surface area contributed by atoms with Gasteiger partial charge in [0.2, 0.25) is 0 Å². The molecule has 0 saturated carbocycles. The maximum atomic E-state index is 4.80. The molecule has 1 aliphatic heterocycles. The first-order chi connectivity index (χ1) is 8.74. The van der Waals surface area contributed by atoms with Gasteiger partial charge in [-0.2, -0.15) is 0 Å². The molecule has 1 heteroatoms. The van der Waals surface area contributed by atoms with Gasteiger partial charge in [0.25, 0.3) is 0 Å². The van der Waals surface area contributed by atoms with Crippen molar-refractivity contribution in [3.8, 4) is 0 Å². The maximum absolute atomic E-state index is 4.80. The molecule has 100 valence electrons. The van der Waals surface area contributed by atoms with Gasteiger partial charge in [-0.05, 0) is 44.4 Å². The first kappa shape index (κ1) is 14.9. The normalized spacial score (nSPS) is 31.5. The van der Waals surface area contributed by atoms with Crippen LogP contribution in [0.25, 0.3) is 0 Å². The molecular weight excluding hydrogens is 218 g/mol. The zero-order chi connectivity index (χ0) is 13.2. The van der Waals surface area contributed by atoms with Crippen LogP contribution in [0.3, 0.4) is 0 Å². The summed E-state index contributed by atoms with van der Waals surface area (Å²) in [4.78, 5) is 4.80. The van der Waals surface area contributed by atoms with Crippen molar-refractivity contribution in [1.82, 2.24) is 0 Å². The molecular formula is C17H27N. The fraction of sp³-hybridized carbons (Fsp3) is 0.588. The van der Waals surface area contributed by atoms with Gasteiger partial charge in [-0.1, -0.05) is 50.3 Å². The molecule has 0 fully saturated rings. The highest BCUT2D eigenvalue weighted by Gasteiger charge is 2.11. The number of hydrogen-bond acceptors (Lipinski definition) is 1. The Morgan fingerprint density at radius 3 is 2.44 bits per heavy atom. The molecule has 0 spiro atoms. The van der Waals surface area contributed by atoms with Crippen molar-refractivity contribution in [2.75, 3.05) is 0 Å². The van der Waals surface area contributed by atoms with Crippen molar-refractivity contribution in [1.29, 1.82) is 0 Å². The first-order valence-electron chi connectivity index (χ1n) is 7.20. The molecule has 18 heavy (non-hydrogen) atoms. The topological polar surface area (TPSA) is 12.4 Å². The Hall–Kier alpha value is -1.11. The fourth-order valence-electron chi connectivity index (χ4n) is 2.14. The Labute approximate surface area is 112 Å². The maximum Gasteiger partial charge on any atom is 0.0590 e. The highest BCUT2D eigenvalue weighted by atomic mass is 14.8. The van der Waals surface area contributed by atoms with Crippen LogP contribution in [0.15, 0.2) is 41.4 Å². The molecule has 1 nitrogen and oxygen atoms in total. The van der Waals surface area contributed by atoms with Gasteiger partial charge in [-0.25, -0.2) is 0 Å². The molecule has 0 aliphatic carbocycles. The third-order valence-corrected chi connectivity index (χ3v) is 3.35. The molecule has 0 saturated heterocycles. The predicted molar refractivity (Wildman–Crippen MR) is 82.2 cm³/mol. The monoisotopic (exact) mass is 245 g/mol. The summed E-state index contributed by atoms with van der Waals surface area (Å²) in [5.74, 6) is 1.06. The van der Waals surface area contributed by atoms with Gasteiger partial charge in [0.05, 0.1) is 6.04 Å². The lowest BCUT2D eigenvalue weighted by molar-refractivity contribution is 0.544. The molecule has 0 aromatic carbocycles. The summed E-state index contributed by atoms with van der Waals surface area (Å²) in [6.07, 6.45) is 20.2. The molecule has 1 aliphatic rings. The lowest BCUT2D eigenvalue weighted by atomic mass is 9.98. The van der Waals surface area contributed by atoms with E-state index >= 15 is 0 Å². The molecule has 0 N–H and O–H groups in total. The molecule has 0 aromatic rings. The van der Waals surface area contributed by atoms with Crippen LogP contribution in [0.2, 0.25) is 0 Å². The molecule has 1 rings (SSSR count). The Bertz CT molecular complexity index is 323. The van der Waals surface area contributed by atoms with E-state index in [1.807, 2.05) is 0 Å². The standard InChI is InChI=1S/C17H27N/c1-4-11-16(3)17-13-10-8-6-5-7-9-12-15(2)14-18-17/h4,7-11,14-17H,5-6,12-13H2,1-3H3/b9-7+,10-8+,11-4?,18-14?. The van der Waals surface area contributed by atoms with E-state index in [9.17, 15) is 0 Å². The van der Waals surface area contributed by atoms with Gasteiger partial charge in [-0.15, -0.1) is 0 Å². The van der Waals surface area contributed by atoms with Gasteiger partial charge in [0.15, 0.2) is 0 Å². The van der Waals surface area contributed by atoms with Crippen molar-refractivity contribution < 1.29 is 0 Å². The summed E-state index contributed by atoms with van der Waals surface area (Å²) in [5.41, 5.74) is 0. The van der Waals surface area contributed by atoms with Crippen LogP contribution in [0.5, 0.6) is 0 Å². The second-order valence-electron chi connectivity index (χ2n) is 5.22. The average molecular weight is 245 g/mol. The van der Waals surface area contributed by atoms with Crippen molar-refractivity contribution in [3.05, 3.63) is 36.5 Å². The van der Waals surface area contributed by atoms with E-state index in [0.717, 1.165) is 25.7 Å². The van der Waals surface area contributed by atoms with Crippen LogP contribution < -0.4 is 0 Å². The van der Waals surface area contributed by atoms with Crippen molar-refractivity contribution in [3.63, 3.8) is 0 Å². The van der Waals surface area contributed by atoms with Gasteiger partial charge in [-0.3, -0.25) is 4.99 Å². The summed E-state index contributed by atoms with van der Waals surface area (Å²) in [6, 6.07) is 0.392. The van der Waals surface area contributed by atoms with Crippen LogP contribution in [-0.4, -0.2) is 12.3 Å². The van der Waals surface area contributed by atoms with Crippen molar-refractivity contribution in [2.24, 2.45) is 16.8 Å². The van der Waals surface area contributed by atoms with Crippen molar-refractivity contribution >= 4 is 6.21 Å². The van der Waals surface area contributed by atoms with E-state index in [1.54, 1.807) is 0 Å². The minimum atomic E-state index is 0.392.